The van der Waals surface area contributed by atoms with Gasteiger partial charge >= 0.3 is 23.9 Å². The lowest BCUT2D eigenvalue weighted by atomic mass is 9.84. The van der Waals surface area contributed by atoms with Crippen molar-refractivity contribution in [3.05, 3.63) is 46.6 Å². The van der Waals surface area contributed by atoms with E-state index in [2.05, 4.69) is 0 Å². The Labute approximate surface area is 211 Å². The van der Waals surface area contributed by atoms with Gasteiger partial charge in [0.1, 0.15) is 12.2 Å². The lowest BCUT2D eigenvalue weighted by Gasteiger charge is -2.45. The molecule has 2 unspecified atom stereocenters. The highest BCUT2D eigenvalue weighted by Crippen LogP contribution is 2.32. The monoisotopic (exact) mass is 508 g/mol. The maximum Gasteiger partial charge on any atom is 0.333 e. The Bertz CT molecular complexity index is 817. The van der Waals surface area contributed by atoms with Crippen LogP contribution in [0.5, 0.6) is 0 Å². The predicted octanol–water partition coefficient (Wildman–Crippen LogP) is 2.23. The van der Waals surface area contributed by atoms with Crippen molar-refractivity contribution in [1.82, 2.24) is 0 Å². The molecule has 0 aromatic carbocycles. The molecular weight excluding hydrogens is 472 g/mol. The quantitative estimate of drug-likeness (QED) is 0.284. The molecule has 0 amide bonds. The Hall–Kier alpha value is -3.24. The fourth-order valence-electron chi connectivity index (χ4n) is 3.04. The van der Waals surface area contributed by atoms with Gasteiger partial charge in [0.05, 0.1) is 0 Å². The van der Waals surface area contributed by atoms with E-state index in [4.69, 9.17) is 18.9 Å². The molecule has 0 aromatic heterocycles. The number of carbonyl (C=O) groups is 4. The summed E-state index contributed by atoms with van der Waals surface area (Å²) in [4.78, 5) is 50.2. The summed E-state index contributed by atoms with van der Waals surface area (Å²) >= 11 is 0. The van der Waals surface area contributed by atoms with Crippen LogP contribution in [0.4, 0.5) is 0 Å². The highest BCUT2D eigenvalue weighted by atomic mass is 16.6. The number of ether oxygens (including phenoxy) is 4. The highest BCUT2D eigenvalue weighted by molar-refractivity contribution is 5.90. The molecule has 0 spiro atoms. The number of aliphatic hydroxyl groups is 2. The Morgan fingerprint density at radius 1 is 0.472 bits per heavy atom. The molecule has 0 bridgehead atoms. The summed E-state index contributed by atoms with van der Waals surface area (Å²) in [5.41, 5.74) is 0.730. The average molecular weight is 509 g/mol. The fraction of sp³-hybridized carbons (Fsp3) is 0.538. The third kappa shape index (κ3) is 7.38. The minimum atomic E-state index is -1.83. The number of allylic oxidation sites excluding steroid dienone is 4. The molecule has 10 nitrogen and oxygen atoms in total. The maximum absolute atomic E-state index is 12.5. The zero-order valence-electron chi connectivity index (χ0n) is 21.9. The number of hydrogen-bond donors (Lipinski definition) is 2. The molecule has 10 heteroatoms. The highest BCUT2D eigenvalue weighted by Gasteiger charge is 2.57. The molecule has 0 radical (unpaired) electrons. The SMILES string of the molecule is C/C=C(/C)C(=O)O[C@@H]1C(O)[C@@H](OC(=O)/C(C)=C\C)[C@@H](OC(=O)/C(C)=C\C)C(O)[C@H]1OC(=O)/C(C)=C\C. The Morgan fingerprint density at radius 2 is 0.639 bits per heavy atom. The second-order valence-corrected chi connectivity index (χ2v) is 8.35. The maximum atomic E-state index is 12.5. The van der Waals surface area contributed by atoms with Crippen molar-refractivity contribution < 1.29 is 48.3 Å². The summed E-state index contributed by atoms with van der Waals surface area (Å²) < 4.78 is 21.6. The molecule has 0 aliphatic heterocycles. The third-order valence-corrected chi connectivity index (χ3v) is 5.99. The number of aliphatic hydroxyl groups excluding tert-OH is 2. The molecular formula is C26H36O10. The molecule has 0 heterocycles. The van der Waals surface area contributed by atoms with Gasteiger partial charge in [0.15, 0.2) is 24.4 Å². The van der Waals surface area contributed by atoms with Gasteiger partial charge in [-0.25, -0.2) is 19.2 Å². The molecule has 0 aromatic rings. The van der Waals surface area contributed by atoms with Crippen LogP contribution in [-0.2, 0) is 38.1 Å². The molecule has 1 aliphatic rings. The van der Waals surface area contributed by atoms with Gasteiger partial charge < -0.3 is 29.2 Å². The van der Waals surface area contributed by atoms with E-state index in [9.17, 15) is 29.4 Å². The molecule has 1 rings (SSSR count). The number of esters is 4. The van der Waals surface area contributed by atoms with Gasteiger partial charge in [-0.3, -0.25) is 0 Å². The molecule has 36 heavy (non-hydrogen) atoms. The molecule has 1 aliphatic carbocycles. The first kappa shape index (κ1) is 30.8. The van der Waals surface area contributed by atoms with E-state index >= 15 is 0 Å². The van der Waals surface area contributed by atoms with Crippen LogP contribution in [0.15, 0.2) is 46.6 Å². The van der Waals surface area contributed by atoms with Crippen LogP contribution in [0.2, 0.25) is 0 Å². The largest absolute Gasteiger partial charge is 0.452 e. The van der Waals surface area contributed by atoms with Gasteiger partial charge in [-0.15, -0.1) is 0 Å². The minimum Gasteiger partial charge on any atom is -0.452 e. The van der Waals surface area contributed by atoms with Crippen LogP contribution in [0.25, 0.3) is 0 Å². The van der Waals surface area contributed by atoms with Crippen molar-refractivity contribution in [2.45, 2.75) is 92.0 Å². The Kier molecular flexibility index (Phi) is 11.8. The lowest BCUT2D eigenvalue weighted by molar-refractivity contribution is -0.249. The van der Waals surface area contributed by atoms with Crippen molar-refractivity contribution in [3.63, 3.8) is 0 Å². The molecule has 1 saturated carbocycles. The van der Waals surface area contributed by atoms with Crippen LogP contribution >= 0.6 is 0 Å². The van der Waals surface area contributed by atoms with Crippen molar-refractivity contribution in [2.75, 3.05) is 0 Å². The van der Waals surface area contributed by atoms with E-state index in [1.165, 1.54) is 52.0 Å². The van der Waals surface area contributed by atoms with E-state index in [0.29, 0.717) is 0 Å². The van der Waals surface area contributed by atoms with E-state index in [1.54, 1.807) is 27.7 Å². The summed E-state index contributed by atoms with van der Waals surface area (Å²) in [7, 11) is 0. The summed E-state index contributed by atoms with van der Waals surface area (Å²) in [6, 6.07) is 0. The van der Waals surface area contributed by atoms with E-state index < -0.39 is 60.5 Å². The van der Waals surface area contributed by atoms with Gasteiger partial charge in [-0.1, -0.05) is 24.3 Å². The molecule has 6 atom stereocenters. The van der Waals surface area contributed by atoms with Gasteiger partial charge in [0.2, 0.25) is 0 Å². The van der Waals surface area contributed by atoms with Crippen LogP contribution < -0.4 is 0 Å². The summed E-state index contributed by atoms with van der Waals surface area (Å²) in [5.74, 6) is -3.42. The normalized spacial score (nSPS) is 27.7. The molecule has 2 N–H and O–H groups in total. The first-order valence-corrected chi connectivity index (χ1v) is 11.6. The second-order valence-electron chi connectivity index (χ2n) is 8.35. The number of hydrogen-bond acceptors (Lipinski definition) is 10. The van der Waals surface area contributed by atoms with Crippen molar-refractivity contribution >= 4 is 23.9 Å². The molecule has 200 valence electrons. The zero-order valence-corrected chi connectivity index (χ0v) is 21.9. The first-order valence-electron chi connectivity index (χ1n) is 11.6. The smallest absolute Gasteiger partial charge is 0.333 e. The van der Waals surface area contributed by atoms with Gasteiger partial charge in [0.25, 0.3) is 0 Å². The zero-order chi connectivity index (χ0) is 27.7. The van der Waals surface area contributed by atoms with E-state index in [0.717, 1.165) is 0 Å². The standard InChI is InChI=1S/C26H36O10/c1-9-13(5)23(29)33-19-17(27)21(35-25(31)15(7)11-3)22(36-26(32)16(8)12-4)18(28)20(19)34-24(30)14(6)10-2/h9-12,17-22,27-28H,1-8H3/b13-9-,14-10-,15-11-,16-12-/t17?,18?,19-,20-,21-,22+/m1/s1. The van der Waals surface area contributed by atoms with Gasteiger partial charge in [0, 0.05) is 22.3 Å². The summed E-state index contributed by atoms with van der Waals surface area (Å²) in [6.45, 7) is 12.3. The Morgan fingerprint density at radius 3 is 0.778 bits per heavy atom. The van der Waals surface area contributed by atoms with Gasteiger partial charge in [-0.05, 0) is 55.4 Å². The number of rotatable bonds is 8. The number of carbonyl (C=O) groups excluding carboxylic acids is 4. The first-order chi connectivity index (χ1) is 16.8. The summed E-state index contributed by atoms with van der Waals surface area (Å²) in [6.07, 6.45) is -4.41. The van der Waals surface area contributed by atoms with Crippen molar-refractivity contribution in [3.8, 4) is 0 Å². The van der Waals surface area contributed by atoms with Crippen LogP contribution in [0, 0.1) is 0 Å². The Balaban J connectivity index is 3.60. The van der Waals surface area contributed by atoms with Crippen molar-refractivity contribution in [2.24, 2.45) is 0 Å². The van der Waals surface area contributed by atoms with E-state index in [1.807, 2.05) is 0 Å². The van der Waals surface area contributed by atoms with Crippen molar-refractivity contribution in [1.29, 1.82) is 0 Å². The van der Waals surface area contributed by atoms with Crippen LogP contribution in [-0.4, -0.2) is 70.7 Å². The summed E-state index contributed by atoms with van der Waals surface area (Å²) in [5, 5.41) is 22.4. The minimum absolute atomic E-state index is 0.182. The van der Waals surface area contributed by atoms with E-state index in [-0.39, 0.29) is 22.3 Å². The van der Waals surface area contributed by atoms with Crippen LogP contribution in [0.1, 0.15) is 55.4 Å². The van der Waals surface area contributed by atoms with Crippen LogP contribution in [0.3, 0.4) is 0 Å². The predicted molar refractivity (Wildman–Crippen MR) is 129 cm³/mol. The molecule has 1 fully saturated rings. The topological polar surface area (TPSA) is 146 Å². The molecule has 0 saturated heterocycles. The van der Waals surface area contributed by atoms with Gasteiger partial charge in [-0.2, -0.15) is 0 Å². The average Bonchev–Trinajstić information content (AvgIpc) is 2.88. The third-order valence-electron chi connectivity index (χ3n) is 5.99. The lowest BCUT2D eigenvalue weighted by Crippen LogP contribution is -2.67. The second kappa shape index (κ2) is 13.7. The fourth-order valence-corrected chi connectivity index (χ4v) is 3.04.